The van der Waals surface area contributed by atoms with E-state index in [1.54, 1.807) is 0 Å². The van der Waals surface area contributed by atoms with Gasteiger partial charge in [0.05, 0.1) is 0 Å². The van der Waals surface area contributed by atoms with Gasteiger partial charge >= 0.3 is 0 Å². The van der Waals surface area contributed by atoms with Crippen LogP contribution in [0.4, 0.5) is 8.78 Å². The molecule has 0 amide bonds. The van der Waals surface area contributed by atoms with Crippen LogP contribution in [-0.4, -0.2) is 20.3 Å². The van der Waals surface area contributed by atoms with Crippen LogP contribution in [0.5, 0.6) is 0 Å². The maximum absolute atomic E-state index is 13.4. The molecule has 1 fully saturated rings. The van der Waals surface area contributed by atoms with Gasteiger partial charge in [-0.3, -0.25) is 0 Å². The SMILES string of the molecule is O=S(=O)(NCC1(CBr)CC1)c1ccc(F)cc1F. The highest BCUT2D eigenvalue weighted by Crippen LogP contribution is 2.46. The first kappa shape index (κ1) is 13.9. The Labute approximate surface area is 113 Å². The topological polar surface area (TPSA) is 46.2 Å². The number of rotatable bonds is 5. The standard InChI is InChI=1S/C11H12BrF2NO2S/c12-6-11(3-4-11)7-15-18(16,17)10-2-1-8(13)5-9(10)14/h1-2,5,15H,3-4,6-7H2. The van der Waals surface area contributed by atoms with Gasteiger partial charge in [-0.1, -0.05) is 15.9 Å². The van der Waals surface area contributed by atoms with Gasteiger partial charge in [0.2, 0.25) is 10.0 Å². The quantitative estimate of drug-likeness (QED) is 0.837. The summed E-state index contributed by atoms with van der Waals surface area (Å²) < 4.78 is 52.2. The summed E-state index contributed by atoms with van der Waals surface area (Å²) in [5, 5.41) is 0.703. The van der Waals surface area contributed by atoms with Crippen LogP contribution in [0.25, 0.3) is 0 Å². The van der Waals surface area contributed by atoms with Crippen molar-refractivity contribution in [3.8, 4) is 0 Å². The minimum absolute atomic E-state index is 0.0520. The number of sulfonamides is 1. The Morgan fingerprint density at radius 2 is 2.00 bits per heavy atom. The Morgan fingerprint density at radius 1 is 1.33 bits per heavy atom. The number of alkyl halides is 1. The third-order valence-corrected chi connectivity index (χ3v) is 5.69. The Morgan fingerprint density at radius 3 is 2.50 bits per heavy atom. The normalized spacial score (nSPS) is 17.7. The molecule has 0 heterocycles. The molecule has 18 heavy (non-hydrogen) atoms. The minimum atomic E-state index is -3.92. The first-order chi connectivity index (χ1) is 8.38. The van der Waals surface area contributed by atoms with E-state index in [2.05, 4.69) is 20.7 Å². The molecule has 0 saturated heterocycles. The van der Waals surface area contributed by atoms with Crippen LogP contribution in [-0.2, 0) is 10.0 Å². The van der Waals surface area contributed by atoms with Crippen LogP contribution in [0.3, 0.4) is 0 Å². The fraction of sp³-hybridized carbons (Fsp3) is 0.455. The van der Waals surface area contributed by atoms with Crippen LogP contribution in [0.2, 0.25) is 0 Å². The van der Waals surface area contributed by atoms with E-state index < -0.39 is 26.6 Å². The summed E-state index contributed by atoms with van der Waals surface area (Å²) in [6.45, 7) is 0.261. The van der Waals surface area contributed by atoms with Crippen LogP contribution in [0.15, 0.2) is 23.1 Å². The summed E-state index contributed by atoms with van der Waals surface area (Å²) in [6, 6.07) is 2.42. The van der Waals surface area contributed by atoms with Crippen molar-refractivity contribution in [2.24, 2.45) is 5.41 Å². The Bertz CT molecular complexity index is 558. The molecule has 1 N–H and O–H groups in total. The number of nitrogens with one attached hydrogen (secondary N) is 1. The van der Waals surface area contributed by atoms with Gasteiger partial charge in [0.25, 0.3) is 0 Å². The van der Waals surface area contributed by atoms with Crippen molar-refractivity contribution < 1.29 is 17.2 Å². The molecule has 2 rings (SSSR count). The number of halogens is 3. The van der Waals surface area contributed by atoms with Crippen LogP contribution < -0.4 is 4.72 Å². The molecular weight excluding hydrogens is 328 g/mol. The lowest BCUT2D eigenvalue weighted by molar-refractivity contribution is 0.523. The molecule has 0 aliphatic heterocycles. The zero-order valence-corrected chi connectivity index (χ0v) is 11.8. The minimum Gasteiger partial charge on any atom is -0.210 e. The van der Waals surface area contributed by atoms with Gasteiger partial charge in [0.15, 0.2) is 0 Å². The number of hydrogen-bond acceptors (Lipinski definition) is 2. The maximum Gasteiger partial charge on any atom is 0.243 e. The third kappa shape index (κ3) is 2.89. The average Bonchev–Trinajstić information content (AvgIpc) is 3.07. The molecule has 0 unspecified atom stereocenters. The van der Waals surface area contributed by atoms with Gasteiger partial charge in [0, 0.05) is 17.9 Å². The van der Waals surface area contributed by atoms with E-state index in [1.807, 2.05) is 0 Å². The van der Waals surface area contributed by atoms with Gasteiger partial charge in [-0.25, -0.2) is 21.9 Å². The Kier molecular flexibility index (Phi) is 3.75. The van der Waals surface area contributed by atoms with Crippen molar-refractivity contribution >= 4 is 26.0 Å². The molecule has 3 nitrogen and oxygen atoms in total. The Hall–Kier alpha value is -0.530. The van der Waals surface area contributed by atoms with Crippen LogP contribution in [0.1, 0.15) is 12.8 Å². The predicted molar refractivity (Wildman–Crippen MR) is 67.0 cm³/mol. The lowest BCUT2D eigenvalue weighted by Crippen LogP contribution is -2.31. The highest BCUT2D eigenvalue weighted by Gasteiger charge is 2.42. The van der Waals surface area contributed by atoms with E-state index in [4.69, 9.17) is 0 Å². The average molecular weight is 340 g/mol. The fourth-order valence-electron chi connectivity index (χ4n) is 1.55. The molecule has 1 aliphatic rings. The summed E-state index contributed by atoms with van der Waals surface area (Å²) in [6.07, 6.45) is 1.87. The van der Waals surface area contributed by atoms with Crippen molar-refractivity contribution in [2.45, 2.75) is 17.7 Å². The largest absolute Gasteiger partial charge is 0.243 e. The highest BCUT2D eigenvalue weighted by atomic mass is 79.9. The zero-order valence-electron chi connectivity index (χ0n) is 9.42. The summed E-state index contributed by atoms with van der Waals surface area (Å²) in [7, 11) is -3.92. The summed E-state index contributed by atoms with van der Waals surface area (Å²) in [5.74, 6) is -1.88. The number of hydrogen-bond donors (Lipinski definition) is 1. The molecule has 0 bridgehead atoms. The van der Waals surface area contributed by atoms with Crippen molar-refractivity contribution in [2.75, 3.05) is 11.9 Å². The third-order valence-electron chi connectivity index (χ3n) is 3.06. The molecule has 1 aromatic carbocycles. The van der Waals surface area contributed by atoms with Crippen molar-refractivity contribution in [1.29, 1.82) is 0 Å². The first-order valence-corrected chi connectivity index (χ1v) is 8.00. The molecule has 7 heteroatoms. The summed E-state index contributed by atoms with van der Waals surface area (Å²) in [4.78, 5) is -0.519. The van der Waals surface area contributed by atoms with Crippen molar-refractivity contribution in [1.82, 2.24) is 4.72 Å². The fourth-order valence-corrected chi connectivity index (χ4v) is 3.53. The Balaban J connectivity index is 2.15. The molecule has 100 valence electrons. The van der Waals surface area contributed by atoms with Gasteiger partial charge < -0.3 is 0 Å². The van der Waals surface area contributed by atoms with E-state index in [-0.39, 0.29) is 12.0 Å². The van der Waals surface area contributed by atoms with E-state index in [0.717, 1.165) is 25.0 Å². The highest BCUT2D eigenvalue weighted by molar-refractivity contribution is 9.09. The van der Waals surface area contributed by atoms with Gasteiger partial charge in [-0.15, -0.1) is 0 Å². The second-order valence-electron chi connectivity index (χ2n) is 4.53. The monoisotopic (exact) mass is 339 g/mol. The molecule has 0 atom stereocenters. The van der Waals surface area contributed by atoms with E-state index in [0.29, 0.717) is 11.4 Å². The molecule has 0 spiro atoms. The lowest BCUT2D eigenvalue weighted by Gasteiger charge is -2.13. The molecule has 1 aliphatic carbocycles. The van der Waals surface area contributed by atoms with Crippen molar-refractivity contribution in [3.05, 3.63) is 29.8 Å². The second-order valence-corrected chi connectivity index (χ2v) is 6.83. The van der Waals surface area contributed by atoms with E-state index >= 15 is 0 Å². The lowest BCUT2D eigenvalue weighted by atomic mass is 10.1. The summed E-state index contributed by atoms with van der Waals surface area (Å²) >= 11 is 3.32. The molecule has 0 radical (unpaired) electrons. The van der Waals surface area contributed by atoms with Crippen LogP contribution >= 0.6 is 15.9 Å². The van der Waals surface area contributed by atoms with Gasteiger partial charge in [0.1, 0.15) is 16.5 Å². The molecule has 1 saturated carbocycles. The van der Waals surface area contributed by atoms with E-state index in [9.17, 15) is 17.2 Å². The predicted octanol–water partition coefficient (Wildman–Crippen LogP) is 2.42. The van der Waals surface area contributed by atoms with Gasteiger partial charge in [-0.2, -0.15) is 0 Å². The maximum atomic E-state index is 13.4. The van der Waals surface area contributed by atoms with Gasteiger partial charge in [-0.05, 0) is 30.4 Å². The smallest absolute Gasteiger partial charge is 0.210 e. The molecular formula is C11H12BrF2NO2S. The van der Waals surface area contributed by atoms with E-state index in [1.165, 1.54) is 0 Å². The summed E-state index contributed by atoms with van der Waals surface area (Å²) in [5.41, 5.74) is -0.0520. The van der Waals surface area contributed by atoms with Crippen molar-refractivity contribution in [3.63, 3.8) is 0 Å². The second kappa shape index (κ2) is 4.86. The molecule has 0 aromatic heterocycles. The first-order valence-electron chi connectivity index (χ1n) is 5.39. The number of benzene rings is 1. The van der Waals surface area contributed by atoms with Crippen LogP contribution in [0, 0.1) is 17.0 Å². The molecule has 1 aromatic rings. The zero-order chi connectivity index (χ0) is 13.4.